The summed E-state index contributed by atoms with van der Waals surface area (Å²) in [5.74, 6) is 1.17. The second-order valence-corrected chi connectivity index (χ2v) is 7.29. The summed E-state index contributed by atoms with van der Waals surface area (Å²) in [5, 5.41) is 3.13. The number of aliphatic imine (C=N–C) groups is 1. The quantitative estimate of drug-likeness (QED) is 0.334. The van der Waals surface area contributed by atoms with Crippen molar-refractivity contribution < 1.29 is 8.42 Å². The first-order valence-electron chi connectivity index (χ1n) is 7.63. The molecule has 6 nitrogen and oxygen atoms in total. The van der Waals surface area contributed by atoms with E-state index in [0.717, 1.165) is 18.0 Å². The predicted molar refractivity (Wildman–Crippen MR) is 103 cm³/mol. The first-order valence-corrected chi connectivity index (χ1v) is 9.12. The highest BCUT2D eigenvalue weighted by Crippen LogP contribution is 2.24. The highest BCUT2D eigenvalue weighted by atomic mass is 127. The number of guanidine groups is 1. The molecule has 1 aliphatic carbocycles. The van der Waals surface area contributed by atoms with Gasteiger partial charge in [-0.25, -0.2) is 18.1 Å². The van der Waals surface area contributed by atoms with Gasteiger partial charge in [0.05, 0.1) is 11.4 Å². The molecule has 0 bridgehead atoms. The van der Waals surface area contributed by atoms with Crippen LogP contribution < -0.4 is 15.8 Å². The minimum Gasteiger partial charge on any atom is -0.370 e. The molecule has 130 valence electrons. The lowest BCUT2D eigenvalue weighted by atomic mass is 9.85. The van der Waals surface area contributed by atoms with Crippen LogP contribution >= 0.6 is 24.0 Å². The molecule has 23 heavy (non-hydrogen) atoms. The zero-order chi connectivity index (χ0) is 16.0. The molecule has 0 spiro atoms. The van der Waals surface area contributed by atoms with Crippen molar-refractivity contribution in [3.05, 3.63) is 29.8 Å². The SMILES string of the molecule is CCNS(=O)(=O)c1ccc(CN=C(N)NCC2CCC2)cc1.I. The molecule has 1 aliphatic rings. The van der Waals surface area contributed by atoms with Crippen molar-refractivity contribution >= 4 is 40.0 Å². The van der Waals surface area contributed by atoms with E-state index in [1.807, 2.05) is 0 Å². The molecule has 1 aromatic rings. The van der Waals surface area contributed by atoms with Gasteiger partial charge in [-0.3, -0.25) is 0 Å². The summed E-state index contributed by atoms with van der Waals surface area (Å²) in [6.07, 6.45) is 3.84. The Balaban J connectivity index is 0.00000264. The first-order chi connectivity index (χ1) is 10.5. The summed E-state index contributed by atoms with van der Waals surface area (Å²) in [5.41, 5.74) is 6.74. The van der Waals surface area contributed by atoms with E-state index in [1.165, 1.54) is 19.3 Å². The Labute approximate surface area is 155 Å². The van der Waals surface area contributed by atoms with Gasteiger partial charge < -0.3 is 11.1 Å². The molecule has 1 aromatic carbocycles. The monoisotopic (exact) mass is 452 g/mol. The highest BCUT2D eigenvalue weighted by molar-refractivity contribution is 14.0. The molecule has 0 saturated heterocycles. The third-order valence-corrected chi connectivity index (χ3v) is 5.36. The van der Waals surface area contributed by atoms with Crippen LogP contribution in [0.3, 0.4) is 0 Å². The maximum Gasteiger partial charge on any atom is 0.240 e. The number of nitrogens with two attached hydrogens (primary N) is 1. The number of rotatable bonds is 7. The Bertz CT molecular complexity index is 613. The summed E-state index contributed by atoms with van der Waals surface area (Å²) in [4.78, 5) is 4.53. The molecule has 0 amide bonds. The Morgan fingerprint density at radius 1 is 1.30 bits per heavy atom. The van der Waals surface area contributed by atoms with Crippen LogP contribution in [0.2, 0.25) is 0 Å². The highest BCUT2D eigenvalue weighted by Gasteiger charge is 2.16. The Morgan fingerprint density at radius 3 is 2.48 bits per heavy atom. The van der Waals surface area contributed by atoms with E-state index in [9.17, 15) is 8.42 Å². The van der Waals surface area contributed by atoms with E-state index in [0.29, 0.717) is 19.0 Å². The fourth-order valence-corrected chi connectivity index (χ4v) is 3.27. The molecule has 0 radical (unpaired) electrons. The van der Waals surface area contributed by atoms with Gasteiger partial charge in [0.25, 0.3) is 0 Å². The van der Waals surface area contributed by atoms with Gasteiger partial charge in [-0.2, -0.15) is 0 Å². The lowest BCUT2D eigenvalue weighted by molar-refractivity contribution is 0.315. The molecule has 0 aliphatic heterocycles. The lowest BCUT2D eigenvalue weighted by Crippen LogP contribution is -2.37. The summed E-state index contributed by atoms with van der Waals surface area (Å²) >= 11 is 0. The summed E-state index contributed by atoms with van der Waals surface area (Å²) in [6.45, 7) is 3.44. The fraction of sp³-hybridized carbons (Fsp3) is 0.533. The fourth-order valence-electron chi connectivity index (χ4n) is 2.23. The molecule has 0 heterocycles. The number of hydrogen-bond acceptors (Lipinski definition) is 3. The summed E-state index contributed by atoms with van der Waals surface area (Å²) in [7, 11) is -3.40. The smallest absolute Gasteiger partial charge is 0.240 e. The van der Waals surface area contributed by atoms with Crippen molar-refractivity contribution in [2.45, 2.75) is 37.6 Å². The van der Waals surface area contributed by atoms with Gasteiger partial charge in [0.2, 0.25) is 10.0 Å². The largest absolute Gasteiger partial charge is 0.370 e. The van der Waals surface area contributed by atoms with Crippen molar-refractivity contribution in [3.63, 3.8) is 0 Å². The number of nitrogens with one attached hydrogen (secondary N) is 2. The Hall–Kier alpha value is -0.870. The maximum atomic E-state index is 11.8. The number of benzene rings is 1. The van der Waals surface area contributed by atoms with E-state index in [4.69, 9.17) is 5.73 Å². The third-order valence-electron chi connectivity index (χ3n) is 3.80. The van der Waals surface area contributed by atoms with E-state index in [2.05, 4.69) is 15.0 Å². The molecular weight excluding hydrogens is 427 g/mol. The van der Waals surface area contributed by atoms with Gasteiger partial charge in [-0.15, -0.1) is 24.0 Å². The van der Waals surface area contributed by atoms with Crippen LogP contribution in [-0.2, 0) is 16.6 Å². The van der Waals surface area contributed by atoms with Gasteiger partial charge in [-0.1, -0.05) is 25.5 Å². The van der Waals surface area contributed by atoms with Crippen molar-refractivity contribution in [1.29, 1.82) is 0 Å². The average molecular weight is 452 g/mol. The molecule has 1 fully saturated rings. The van der Waals surface area contributed by atoms with E-state index >= 15 is 0 Å². The summed E-state index contributed by atoms with van der Waals surface area (Å²) in [6, 6.07) is 6.68. The Kier molecular flexibility index (Phi) is 8.27. The van der Waals surface area contributed by atoms with E-state index in [1.54, 1.807) is 31.2 Å². The topological polar surface area (TPSA) is 96.6 Å². The number of hydrogen-bond donors (Lipinski definition) is 3. The third kappa shape index (κ3) is 6.27. The molecule has 0 atom stereocenters. The molecule has 0 aromatic heterocycles. The van der Waals surface area contributed by atoms with Gasteiger partial charge in [0, 0.05) is 13.1 Å². The van der Waals surface area contributed by atoms with Crippen molar-refractivity contribution in [3.8, 4) is 0 Å². The zero-order valence-corrected chi connectivity index (χ0v) is 16.4. The number of nitrogens with zero attached hydrogens (tertiary/aromatic N) is 1. The normalized spacial score (nSPS) is 15.6. The van der Waals surface area contributed by atoms with Crippen LogP contribution in [0.25, 0.3) is 0 Å². The van der Waals surface area contributed by atoms with E-state index < -0.39 is 10.0 Å². The van der Waals surface area contributed by atoms with Crippen LogP contribution in [-0.4, -0.2) is 27.5 Å². The van der Waals surface area contributed by atoms with Crippen LogP contribution in [0.1, 0.15) is 31.7 Å². The number of sulfonamides is 1. The lowest BCUT2D eigenvalue weighted by Gasteiger charge is -2.25. The van der Waals surface area contributed by atoms with Crippen molar-refractivity contribution in [1.82, 2.24) is 10.0 Å². The Morgan fingerprint density at radius 2 is 1.96 bits per heavy atom. The van der Waals surface area contributed by atoms with Crippen molar-refractivity contribution in [2.24, 2.45) is 16.6 Å². The van der Waals surface area contributed by atoms with Crippen LogP contribution in [0.4, 0.5) is 0 Å². The molecule has 1 saturated carbocycles. The van der Waals surface area contributed by atoms with Gasteiger partial charge in [0.1, 0.15) is 0 Å². The van der Waals surface area contributed by atoms with Crippen LogP contribution in [0.5, 0.6) is 0 Å². The number of halogens is 1. The van der Waals surface area contributed by atoms with Gasteiger partial charge in [0.15, 0.2) is 5.96 Å². The minimum absolute atomic E-state index is 0. The second-order valence-electron chi connectivity index (χ2n) is 5.52. The molecule has 2 rings (SSSR count). The molecule has 0 unspecified atom stereocenters. The second kappa shape index (κ2) is 9.43. The van der Waals surface area contributed by atoms with E-state index in [-0.39, 0.29) is 28.9 Å². The zero-order valence-electron chi connectivity index (χ0n) is 13.3. The summed E-state index contributed by atoms with van der Waals surface area (Å²) < 4.78 is 26.1. The molecule has 8 heteroatoms. The maximum absolute atomic E-state index is 11.8. The molecule has 4 N–H and O–H groups in total. The first kappa shape index (κ1) is 20.2. The van der Waals surface area contributed by atoms with Gasteiger partial charge in [-0.05, 0) is 36.5 Å². The predicted octanol–water partition coefficient (Wildman–Crippen LogP) is 1.81. The molecular formula is C15H25IN4O2S. The van der Waals surface area contributed by atoms with Crippen LogP contribution in [0.15, 0.2) is 34.2 Å². The average Bonchev–Trinajstić information content (AvgIpc) is 2.44. The minimum atomic E-state index is -3.40. The van der Waals surface area contributed by atoms with Gasteiger partial charge >= 0.3 is 0 Å². The standard InChI is InChI=1S/C15H24N4O2S.HI/c1-2-19-22(20,21)14-8-6-13(7-9-14)11-18-15(16)17-10-12-4-3-5-12;/h6-9,12,19H,2-5,10-11H2,1H3,(H3,16,17,18);1H. The van der Waals surface area contributed by atoms with Crippen molar-refractivity contribution in [2.75, 3.05) is 13.1 Å². The van der Waals surface area contributed by atoms with Crippen LogP contribution in [0, 0.1) is 5.92 Å².